The van der Waals surface area contributed by atoms with Gasteiger partial charge in [0.1, 0.15) is 12.5 Å². The Kier molecular flexibility index (Phi) is 15.3. The summed E-state index contributed by atoms with van der Waals surface area (Å²) in [7, 11) is 2.25. The predicted octanol–water partition coefficient (Wildman–Crippen LogP) is 1.99. The molecule has 0 spiro atoms. The molecule has 8 nitrogen and oxygen atoms in total. The van der Waals surface area contributed by atoms with E-state index in [1.165, 1.54) is 0 Å². The number of nitrogens with one attached hydrogen (secondary N) is 1. The fourth-order valence-corrected chi connectivity index (χ4v) is 3.91. The zero-order chi connectivity index (χ0) is 28.7. The van der Waals surface area contributed by atoms with E-state index < -0.39 is 30.2 Å². The van der Waals surface area contributed by atoms with E-state index in [1.54, 1.807) is 16.8 Å². The molecule has 0 saturated carbocycles. The lowest BCUT2D eigenvalue weighted by Gasteiger charge is -2.39. The number of halogens is 5. The lowest BCUT2D eigenvalue weighted by atomic mass is 10.0. The Morgan fingerprint density at radius 2 is 1.74 bits per heavy atom. The van der Waals surface area contributed by atoms with Gasteiger partial charge in [-0.2, -0.15) is 0 Å². The molecule has 1 atom stereocenters. The Bertz CT molecular complexity index is 916. The fourth-order valence-electron chi connectivity index (χ4n) is 3.91. The van der Waals surface area contributed by atoms with Crippen LogP contribution in [0.2, 0.25) is 0 Å². The van der Waals surface area contributed by atoms with Gasteiger partial charge in [-0.15, -0.1) is 0 Å². The third-order valence-corrected chi connectivity index (χ3v) is 6.08. The van der Waals surface area contributed by atoms with Crippen molar-refractivity contribution in [3.8, 4) is 0 Å². The van der Waals surface area contributed by atoms with E-state index >= 15 is 0 Å². The van der Waals surface area contributed by atoms with Crippen molar-refractivity contribution < 1.29 is 36.3 Å². The van der Waals surface area contributed by atoms with Crippen LogP contribution in [0.15, 0.2) is 23.5 Å². The van der Waals surface area contributed by atoms with Crippen LogP contribution in [0.4, 0.5) is 22.0 Å². The molecule has 0 bridgehead atoms. The van der Waals surface area contributed by atoms with Gasteiger partial charge in [-0.3, -0.25) is 14.0 Å². The minimum atomic E-state index is -1.27. The number of rotatable bonds is 8. The Morgan fingerprint density at radius 3 is 2.29 bits per heavy atom. The average molecular weight is 552 g/mol. The average Bonchev–Trinajstić information content (AvgIpc) is 2.93. The molecule has 2 fully saturated rings. The van der Waals surface area contributed by atoms with E-state index in [-0.39, 0.29) is 30.9 Å². The summed E-state index contributed by atoms with van der Waals surface area (Å²) in [6.45, 7) is 5.75. The molecule has 13 heteroatoms. The number of hydrogen-bond donors (Lipinski definition) is 2. The summed E-state index contributed by atoms with van der Waals surface area (Å²) in [5.74, 6) is -3.54. The first-order valence-electron chi connectivity index (χ1n) is 12.2. The first kappa shape index (κ1) is 33.1. The lowest BCUT2D eigenvalue weighted by Crippen LogP contribution is -2.49. The van der Waals surface area contributed by atoms with Crippen LogP contribution in [0.1, 0.15) is 18.9 Å². The summed E-state index contributed by atoms with van der Waals surface area (Å²) in [4.78, 5) is 27.9. The number of piperazine rings is 1. The molecular weight excluding hydrogens is 513 g/mol. The summed E-state index contributed by atoms with van der Waals surface area (Å²) >= 11 is 0. The molecule has 2 amide bonds. The van der Waals surface area contributed by atoms with E-state index in [2.05, 4.69) is 5.32 Å². The van der Waals surface area contributed by atoms with Crippen molar-refractivity contribution in [1.82, 2.24) is 20.0 Å². The molecule has 0 radical (unpaired) electrons. The molecule has 3 rings (SSSR count). The highest BCUT2D eigenvalue weighted by Crippen LogP contribution is 2.19. The number of benzene rings is 1. The Labute approximate surface area is 220 Å². The van der Waals surface area contributed by atoms with Gasteiger partial charge >= 0.3 is 0 Å². The predicted molar refractivity (Wildman–Crippen MR) is 134 cm³/mol. The number of allylic oxidation sites excluding steroid dienone is 1. The SMILES string of the molecule is CF.CN/C(C)=C1/CN(C(=O)CC(N)Cc2cc(F)c(F)cc2F)CCN1CCF.O=CN1CCOCC1. The third kappa shape index (κ3) is 10.4. The van der Waals surface area contributed by atoms with E-state index in [0.717, 1.165) is 37.0 Å². The van der Waals surface area contributed by atoms with Crippen LogP contribution in [0.3, 0.4) is 0 Å². The number of amides is 2. The number of hydrogen-bond acceptors (Lipinski definition) is 6. The van der Waals surface area contributed by atoms with E-state index in [9.17, 15) is 31.5 Å². The van der Waals surface area contributed by atoms with Gasteiger partial charge in [0.2, 0.25) is 12.3 Å². The molecule has 1 aromatic rings. The van der Waals surface area contributed by atoms with Crippen molar-refractivity contribution >= 4 is 12.3 Å². The van der Waals surface area contributed by atoms with Gasteiger partial charge in [0.25, 0.3) is 0 Å². The first-order chi connectivity index (χ1) is 18.2. The number of morpholine rings is 1. The molecule has 3 N–H and O–H groups in total. The van der Waals surface area contributed by atoms with Crippen LogP contribution >= 0.6 is 0 Å². The number of nitrogens with zero attached hydrogens (tertiary/aromatic N) is 3. The minimum Gasteiger partial charge on any atom is -0.390 e. The Hall–Kier alpha value is -2.93. The first-order valence-corrected chi connectivity index (χ1v) is 12.2. The summed E-state index contributed by atoms with van der Waals surface area (Å²) in [5, 5.41) is 3.02. The highest BCUT2D eigenvalue weighted by Gasteiger charge is 2.27. The van der Waals surface area contributed by atoms with Gasteiger partial charge in [0.05, 0.1) is 32.6 Å². The maximum absolute atomic E-state index is 13.8. The van der Waals surface area contributed by atoms with E-state index in [4.69, 9.17) is 10.5 Å². The van der Waals surface area contributed by atoms with Gasteiger partial charge in [-0.05, 0) is 25.0 Å². The molecule has 38 heavy (non-hydrogen) atoms. The van der Waals surface area contributed by atoms with Crippen LogP contribution in [0.25, 0.3) is 0 Å². The summed E-state index contributed by atoms with van der Waals surface area (Å²) in [6.07, 6.45) is 0.713. The smallest absolute Gasteiger partial charge is 0.224 e. The normalized spacial score (nSPS) is 17.4. The van der Waals surface area contributed by atoms with Gasteiger partial charge in [0, 0.05) is 64.0 Å². The molecule has 1 unspecified atom stereocenters. The molecule has 216 valence electrons. The fraction of sp³-hybridized carbons (Fsp3) is 0.600. The highest BCUT2D eigenvalue weighted by molar-refractivity contribution is 5.77. The second-order valence-corrected chi connectivity index (χ2v) is 8.59. The highest BCUT2D eigenvalue weighted by atomic mass is 19.2. The van der Waals surface area contributed by atoms with Crippen LogP contribution in [-0.4, -0.2) is 106 Å². The maximum Gasteiger partial charge on any atom is 0.224 e. The topological polar surface area (TPSA) is 91.1 Å². The monoisotopic (exact) mass is 551 g/mol. The number of carbonyl (C=O) groups excluding carboxylic acids is 2. The number of alkyl halides is 2. The van der Waals surface area contributed by atoms with Gasteiger partial charge in [0.15, 0.2) is 11.6 Å². The summed E-state index contributed by atoms with van der Waals surface area (Å²) in [5.41, 5.74) is 7.56. The second kappa shape index (κ2) is 17.6. The number of carbonyl (C=O) groups is 2. The van der Waals surface area contributed by atoms with E-state index in [0.29, 0.717) is 46.1 Å². The Morgan fingerprint density at radius 1 is 1.11 bits per heavy atom. The summed E-state index contributed by atoms with van der Waals surface area (Å²) < 4.78 is 67.4. The Balaban J connectivity index is 0.000000607. The van der Waals surface area contributed by atoms with Crippen LogP contribution < -0.4 is 11.1 Å². The molecule has 1 aromatic carbocycles. The molecule has 0 aliphatic carbocycles. The van der Waals surface area contributed by atoms with Crippen LogP contribution in [-0.2, 0) is 20.7 Å². The minimum absolute atomic E-state index is 0.0621. The number of nitrogens with two attached hydrogens (primary N) is 1. The zero-order valence-corrected chi connectivity index (χ0v) is 22.1. The van der Waals surface area contributed by atoms with Crippen molar-refractivity contribution in [3.05, 3.63) is 46.5 Å². The molecular formula is C25H38F5N5O3. The molecule has 2 saturated heterocycles. The summed E-state index contributed by atoms with van der Waals surface area (Å²) in [6, 6.07) is 0.497. The van der Waals surface area contributed by atoms with Crippen molar-refractivity contribution in [2.45, 2.75) is 25.8 Å². The van der Waals surface area contributed by atoms with Gasteiger partial charge in [-0.25, -0.2) is 17.6 Å². The zero-order valence-electron chi connectivity index (χ0n) is 22.1. The second-order valence-electron chi connectivity index (χ2n) is 8.59. The quantitative estimate of drug-likeness (QED) is 0.292. The van der Waals surface area contributed by atoms with Gasteiger partial charge in [-0.1, -0.05) is 0 Å². The molecule has 2 aliphatic rings. The maximum atomic E-state index is 13.8. The standard InChI is InChI=1S/C19H26F4N4O.C5H9NO2.CH3F/c1-12(25-2)18-11-27(6-5-26(18)4-3-20)19(28)9-14(24)7-13-8-16(22)17(23)10-15(13)21;7-5-6-1-3-8-4-2-6;1-2/h8,10,14,25H,3-7,9,11,24H2,1-2H3;5H,1-4H2;1H3/b18-12-;;. The largest absolute Gasteiger partial charge is 0.390 e. The molecule has 2 heterocycles. The molecule has 0 aromatic heterocycles. The lowest BCUT2D eigenvalue weighted by molar-refractivity contribution is -0.132. The third-order valence-electron chi connectivity index (χ3n) is 6.08. The van der Waals surface area contributed by atoms with E-state index in [1.807, 2.05) is 11.8 Å². The molecule has 2 aliphatic heterocycles. The van der Waals surface area contributed by atoms with Crippen LogP contribution in [0, 0.1) is 17.5 Å². The van der Waals surface area contributed by atoms with Crippen molar-refractivity contribution in [3.63, 3.8) is 0 Å². The van der Waals surface area contributed by atoms with Crippen molar-refractivity contribution in [1.29, 1.82) is 0 Å². The van der Waals surface area contributed by atoms with Crippen molar-refractivity contribution in [2.24, 2.45) is 5.73 Å². The number of ether oxygens (including phenoxy) is 1. The van der Waals surface area contributed by atoms with Crippen LogP contribution in [0.5, 0.6) is 0 Å². The van der Waals surface area contributed by atoms with Gasteiger partial charge < -0.3 is 30.5 Å². The van der Waals surface area contributed by atoms with Crippen molar-refractivity contribution in [2.75, 3.05) is 73.4 Å².